The Morgan fingerprint density at radius 2 is 1.83 bits per heavy atom. The molecule has 2 rings (SSSR count). The highest BCUT2D eigenvalue weighted by atomic mass is 32.1. The molecule has 0 fully saturated rings. The molecule has 0 saturated heterocycles. The molecule has 0 aliphatic carbocycles. The van der Waals surface area contributed by atoms with Gasteiger partial charge in [0.05, 0.1) is 11.8 Å². The van der Waals surface area contributed by atoms with E-state index in [1.165, 1.54) is 10.4 Å². The molecule has 2 atom stereocenters. The molecule has 0 aliphatic rings. The first-order valence-corrected chi connectivity index (χ1v) is 7.13. The predicted octanol–water partition coefficient (Wildman–Crippen LogP) is 3.43. The molecule has 0 aliphatic heterocycles. The summed E-state index contributed by atoms with van der Waals surface area (Å²) >= 11 is 1.70. The van der Waals surface area contributed by atoms with Crippen LogP contribution in [-0.2, 0) is 0 Å². The summed E-state index contributed by atoms with van der Waals surface area (Å²) in [6.45, 7) is 10.3. The zero-order valence-corrected chi connectivity index (χ0v) is 12.4. The number of fused-ring (bicyclic) bond motifs is 1. The molecule has 2 aromatic heterocycles. The highest BCUT2D eigenvalue weighted by molar-refractivity contribution is 7.18. The van der Waals surface area contributed by atoms with Crippen LogP contribution in [0, 0.1) is 19.8 Å². The Morgan fingerprint density at radius 3 is 2.39 bits per heavy atom. The summed E-state index contributed by atoms with van der Waals surface area (Å²) < 4.78 is 0. The van der Waals surface area contributed by atoms with Crippen LogP contribution in [0.4, 0.5) is 0 Å². The van der Waals surface area contributed by atoms with Gasteiger partial charge in [-0.2, -0.15) is 0 Å². The maximum atomic E-state index is 10.0. The van der Waals surface area contributed by atoms with Crippen molar-refractivity contribution in [3.05, 3.63) is 22.5 Å². The number of aliphatic hydroxyl groups is 1. The third kappa shape index (κ3) is 2.15. The van der Waals surface area contributed by atoms with Gasteiger partial charge in [0.15, 0.2) is 0 Å². The second-order valence-electron chi connectivity index (χ2n) is 5.23. The standard InChI is InChI=1S/C14H20N2OS/c1-7(2)11(9(4)17)13-12-8(3)10(5)18-14(12)16-6-15-13/h6-7,9,11,17H,1-5H3. The summed E-state index contributed by atoms with van der Waals surface area (Å²) in [4.78, 5) is 11.1. The molecule has 1 N–H and O–H groups in total. The molecule has 98 valence electrons. The van der Waals surface area contributed by atoms with Crippen molar-refractivity contribution in [2.75, 3.05) is 0 Å². The van der Waals surface area contributed by atoms with Gasteiger partial charge in [-0.15, -0.1) is 11.3 Å². The lowest BCUT2D eigenvalue weighted by Crippen LogP contribution is -2.21. The first kappa shape index (κ1) is 13.4. The van der Waals surface area contributed by atoms with E-state index in [0.29, 0.717) is 5.92 Å². The highest BCUT2D eigenvalue weighted by Gasteiger charge is 2.26. The molecule has 2 heterocycles. The fourth-order valence-electron chi connectivity index (χ4n) is 2.56. The number of aromatic nitrogens is 2. The summed E-state index contributed by atoms with van der Waals surface area (Å²) in [5.41, 5.74) is 2.24. The van der Waals surface area contributed by atoms with Crippen molar-refractivity contribution in [1.29, 1.82) is 0 Å². The molecular formula is C14H20N2OS. The van der Waals surface area contributed by atoms with E-state index in [0.717, 1.165) is 15.9 Å². The van der Waals surface area contributed by atoms with Gasteiger partial charge in [0.1, 0.15) is 11.2 Å². The summed E-state index contributed by atoms with van der Waals surface area (Å²) in [6, 6.07) is 0. The van der Waals surface area contributed by atoms with Crippen molar-refractivity contribution in [3.8, 4) is 0 Å². The van der Waals surface area contributed by atoms with Crippen molar-refractivity contribution >= 4 is 21.6 Å². The van der Waals surface area contributed by atoms with Crippen LogP contribution in [0.3, 0.4) is 0 Å². The lowest BCUT2D eigenvalue weighted by molar-refractivity contribution is 0.139. The predicted molar refractivity (Wildman–Crippen MR) is 76.1 cm³/mol. The second kappa shape index (κ2) is 4.94. The summed E-state index contributed by atoms with van der Waals surface area (Å²) in [7, 11) is 0. The number of nitrogens with zero attached hydrogens (tertiary/aromatic N) is 2. The third-order valence-corrected chi connectivity index (χ3v) is 4.66. The van der Waals surface area contributed by atoms with Gasteiger partial charge >= 0.3 is 0 Å². The van der Waals surface area contributed by atoms with E-state index in [9.17, 15) is 5.11 Å². The minimum absolute atomic E-state index is 0.0585. The number of hydrogen-bond acceptors (Lipinski definition) is 4. The molecule has 2 unspecified atom stereocenters. The quantitative estimate of drug-likeness (QED) is 0.923. The SMILES string of the molecule is Cc1sc2ncnc(C(C(C)C)C(C)O)c2c1C. The van der Waals surface area contributed by atoms with Gasteiger partial charge in [-0.1, -0.05) is 13.8 Å². The lowest BCUT2D eigenvalue weighted by Gasteiger charge is -2.24. The van der Waals surface area contributed by atoms with Gasteiger partial charge < -0.3 is 5.11 Å². The molecule has 0 amide bonds. The number of rotatable bonds is 3. The molecule has 0 aromatic carbocycles. The van der Waals surface area contributed by atoms with Crippen molar-refractivity contribution in [2.24, 2.45) is 5.92 Å². The van der Waals surface area contributed by atoms with E-state index in [2.05, 4.69) is 37.7 Å². The van der Waals surface area contributed by atoms with Crippen LogP contribution >= 0.6 is 11.3 Å². The normalized spacial score (nSPS) is 15.3. The van der Waals surface area contributed by atoms with Gasteiger partial charge in [0.25, 0.3) is 0 Å². The summed E-state index contributed by atoms with van der Waals surface area (Å²) in [5, 5.41) is 11.2. The van der Waals surface area contributed by atoms with Crippen LogP contribution < -0.4 is 0 Å². The Balaban J connectivity index is 2.69. The van der Waals surface area contributed by atoms with Crippen LogP contribution in [0.2, 0.25) is 0 Å². The van der Waals surface area contributed by atoms with Gasteiger partial charge in [0, 0.05) is 16.2 Å². The van der Waals surface area contributed by atoms with Gasteiger partial charge in [-0.05, 0) is 32.3 Å². The maximum Gasteiger partial charge on any atom is 0.127 e. The van der Waals surface area contributed by atoms with Crippen LogP contribution in [0.25, 0.3) is 10.2 Å². The molecule has 0 radical (unpaired) electrons. The van der Waals surface area contributed by atoms with E-state index in [1.54, 1.807) is 17.7 Å². The van der Waals surface area contributed by atoms with E-state index >= 15 is 0 Å². The first-order chi connectivity index (χ1) is 8.43. The number of aliphatic hydroxyl groups excluding tert-OH is 1. The zero-order chi connectivity index (χ0) is 13.4. The average molecular weight is 264 g/mol. The Bertz CT molecular complexity index is 552. The largest absolute Gasteiger partial charge is 0.393 e. The van der Waals surface area contributed by atoms with Gasteiger partial charge in [0.2, 0.25) is 0 Å². The minimum Gasteiger partial charge on any atom is -0.393 e. The van der Waals surface area contributed by atoms with Crippen LogP contribution in [0.5, 0.6) is 0 Å². The minimum atomic E-state index is -0.400. The Morgan fingerprint density at radius 1 is 1.17 bits per heavy atom. The van der Waals surface area contributed by atoms with E-state index < -0.39 is 6.10 Å². The highest BCUT2D eigenvalue weighted by Crippen LogP contribution is 2.36. The summed E-state index contributed by atoms with van der Waals surface area (Å²) in [6.07, 6.45) is 1.22. The summed E-state index contributed by atoms with van der Waals surface area (Å²) in [5.74, 6) is 0.408. The van der Waals surface area contributed by atoms with Crippen molar-refractivity contribution < 1.29 is 5.11 Å². The van der Waals surface area contributed by atoms with E-state index in [1.807, 2.05) is 6.92 Å². The fourth-order valence-corrected chi connectivity index (χ4v) is 3.57. The van der Waals surface area contributed by atoms with E-state index in [4.69, 9.17) is 0 Å². The number of thiophene rings is 1. The Hall–Kier alpha value is -1.00. The van der Waals surface area contributed by atoms with Crippen molar-refractivity contribution in [3.63, 3.8) is 0 Å². The maximum absolute atomic E-state index is 10.0. The third-order valence-electron chi connectivity index (χ3n) is 3.55. The lowest BCUT2D eigenvalue weighted by atomic mass is 9.86. The topological polar surface area (TPSA) is 46.0 Å². The van der Waals surface area contributed by atoms with Crippen molar-refractivity contribution in [1.82, 2.24) is 9.97 Å². The Kier molecular flexibility index (Phi) is 3.69. The molecule has 18 heavy (non-hydrogen) atoms. The first-order valence-electron chi connectivity index (χ1n) is 6.32. The fraction of sp³-hybridized carbons (Fsp3) is 0.571. The zero-order valence-electron chi connectivity index (χ0n) is 11.6. The molecule has 0 saturated carbocycles. The van der Waals surface area contributed by atoms with Crippen LogP contribution in [0.15, 0.2) is 6.33 Å². The molecule has 0 bridgehead atoms. The molecule has 3 nitrogen and oxygen atoms in total. The second-order valence-corrected chi connectivity index (χ2v) is 6.44. The molecule has 4 heteroatoms. The Labute approximate surface area is 112 Å². The van der Waals surface area contributed by atoms with Gasteiger partial charge in [-0.3, -0.25) is 0 Å². The molecular weight excluding hydrogens is 244 g/mol. The smallest absolute Gasteiger partial charge is 0.127 e. The number of hydrogen-bond donors (Lipinski definition) is 1. The molecule has 0 spiro atoms. The van der Waals surface area contributed by atoms with Crippen LogP contribution in [0.1, 0.15) is 42.8 Å². The van der Waals surface area contributed by atoms with Gasteiger partial charge in [-0.25, -0.2) is 9.97 Å². The van der Waals surface area contributed by atoms with Crippen LogP contribution in [-0.4, -0.2) is 21.2 Å². The van der Waals surface area contributed by atoms with Crippen molar-refractivity contribution in [2.45, 2.75) is 46.6 Å². The average Bonchev–Trinajstić information content (AvgIpc) is 2.55. The number of aryl methyl sites for hydroxylation is 2. The van der Waals surface area contributed by atoms with E-state index in [-0.39, 0.29) is 5.92 Å². The molecule has 2 aromatic rings. The monoisotopic (exact) mass is 264 g/mol.